The van der Waals surface area contributed by atoms with Gasteiger partial charge in [0.2, 0.25) is 0 Å². The van der Waals surface area contributed by atoms with Gasteiger partial charge in [-0.05, 0) is 79.6 Å². The molecule has 2 unspecified atom stereocenters. The highest BCUT2D eigenvalue weighted by atomic mass is 32.2. The fourth-order valence-electron chi connectivity index (χ4n) is 5.51. The van der Waals surface area contributed by atoms with Crippen LogP contribution in [0.3, 0.4) is 0 Å². The quantitative estimate of drug-likeness (QED) is 0.416. The number of anilines is 1. The molecule has 5 nitrogen and oxygen atoms in total. The van der Waals surface area contributed by atoms with Gasteiger partial charge in [-0.1, -0.05) is 44.5 Å². The second-order valence-electron chi connectivity index (χ2n) is 10.5. The maximum Gasteiger partial charge on any atom is 0.319 e. The van der Waals surface area contributed by atoms with Crippen LogP contribution in [0.25, 0.3) is 0 Å². The van der Waals surface area contributed by atoms with Gasteiger partial charge in [-0.15, -0.1) is 11.8 Å². The minimum absolute atomic E-state index is 0.162. The van der Waals surface area contributed by atoms with Gasteiger partial charge in [-0.2, -0.15) is 0 Å². The van der Waals surface area contributed by atoms with Crippen LogP contribution in [0.1, 0.15) is 50.7 Å². The van der Waals surface area contributed by atoms with Crippen LogP contribution in [0.15, 0.2) is 53.4 Å². The minimum Gasteiger partial charge on any atom is -0.334 e. The highest BCUT2D eigenvalue weighted by Crippen LogP contribution is 2.24. The van der Waals surface area contributed by atoms with E-state index in [4.69, 9.17) is 0 Å². The molecule has 2 saturated heterocycles. The van der Waals surface area contributed by atoms with Gasteiger partial charge in [0.25, 0.3) is 0 Å². The molecular formula is C29H42N4OS. The average molecular weight is 495 g/mol. The number of carbonyl (C=O) groups excluding carboxylic acids is 1. The fraction of sp³-hybridized carbons (Fsp3) is 0.552. The SMILES string of the molecule is CC1CC(C)CN(Cc2ccccc2CNC(=O)Nc2ccc(SCCN3CCCCC3)cc2)C1. The van der Waals surface area contributed by atoms with Crippen LogP contribution in [0.5, 0.6) is 0 Å². The first kappa shape index (κ1) is 26.1. The van der Waals surface area contributed by atoms with Crippen molar-refractivity contribution >= 4 is 23.5 Å². The summed E-state index contributed by atoms with van der Waals surface area (Å²) >= 11 is 1.89. The Morgan fingerprint density at radius 2 is 1.60 bits per heavy atom. The summed E-state index contributed by atoms with van der Waals surface area (Å²) in [7, 11) is 0. The summed E-state index contributed by atoms with van der Waals surface area (Å²) < 4.78 is 0. The number of piperidine rings is 2. The number of hydrogen-bond acceptors (Lipinski definition) is 4. The summed E-state index contributed by atoms with van der Waals surface area (Å²) in [4.78, 5) is 18.9. The summed E-state index contributed by atoms with van der Waals surface area (Å²) in [6, 6.07) is 16.5. The van der Waals surface area contributed by atoms with E-state index in [0.29, 0.717) is 6.54 Å². The van der Waals surface area contributed by atoms with Gasteiger partial charge >= 0.3 is 6.03 Å². The van der Waals surface area contributed by atoms with E-state index in [2.05, 4.69) is 70.7 Å². The van der Waals surface area contributed by atoms with E-state index in [1.54, 1.807) is 0 Å². The third-order valence-electron chi connectivity index (χ3n) is 7.13. The number of thioether (sulfide) groups is 1. The Labute approximate surface area is 216 Å². The Bertz CT molecular complexity index is 919. The van der Waals surface area contributed by atoms with Gasteiger partial charge in [0.05, 0.1) is 0 Å². The molecule has 0 saturated carbocycles. The summed E-state index contributed by atoms with van der Waals surface area (Å²) in [6.07, 6.45) is 5.39. The standard InChI is InChI=1S/C29H42N4OS/c1-23-18-24(2)21-33(20-23)22-26-9-5-4-8-25(26)19-30-29(34)31-27-10-12-28(13-11-27)35-17-16-32-14-6-3-7-15-32/h4-5,8-13,23-24H,3,6-7,14-22H2,1-2H3,(H2,30,31,34). The molecule has 0 aliphatic carbocycles. The van der Waals surface area contributed by atoms with Crippen molar-refractivity contribution < 1.29 is 4.79 Å². The van der Waals surface area contributed by atoms with Gasteiger partial charge < -0.3 is 15.5 Å². The zero-order chi connectivity index (χ0) is 24.5. The summed E-state index contributed by atoms with van der Waals surface area (Å²) in [6.45, 7) is 12.1. The number of amides is 2. The predicted octanol–water partition coefficient (Wildman–Crippen LogP) is 6.06. The minimum atomic E-state index is -0.162. The molecule has 2 fully saturated rings. The van der Waals surface area contributed by atoms with E-state index < -0.39 is 0 Å². The summed E-state index contributed by atoms with van der Waals surface area (Å²) in [5, 5.41) is 6.03. The lowest BCUT2D eigenvalue weighted by molar-refractivity contribution is 0.134. The number of likely N-dealkylation sites (tertiary alicyclic amines) is 2. The van der Waals surface area contributed by atoms with Crippen LogP contribution in [0.2, 0.25) is 0 Å². The van der Waals surface area contributed by atoms with Crippen LogP contribution in [0, 0.1) is 11.8 Å². The molecule has 2 atom stereocenters. The molecule has 0 bridgehead atoms. The second-order valence-corrected chi connectivity index (χ2v) is 11.7. The smallest absolute Gasteiger partial charge is 0.319 e. The van der Waals surface area contributed by atoms with E-state index in [0.717, 1.165) is 49.5 Å². The molecule has 0 radical (unpaired) electrons. The molecule has 2 aliphatic heterocycles. The lowest BCUT2D eigenvalue weighted by Gasteiger charge is -2.35. The lowest BCUT2D eigenvalue weighted by atomic mass is 9.91. The molecule has 0 spiro atoms. The number of carbonyl (C=O) groups is 1. The highest BCUT2D eigenvalue weighted by molar-refractivity contribution is 7.99. The number of urea groups is 1. The van der Waals surface area contributed by atoms with Gasteiger partial charge in [0.15, 0.2) is 0 Å². The largest absolute Gasteiger partial charge is 0.334 e. The van der Waals surface area contributed by atoms with E-state index in [-0.39, 0.29) is 6.03 Å². The maximum absolute atomic E-state index is 12.6. The number of hydrogen-bond donors (Lipinski definition) is 2. The highest BCUT2D eigenvalue weighted by Gasteiger charge is 2.22. The van der Waals surface area contributed by atoms with E-state index in [1.165, 1.54) is 54.8 Å². The third-order valence-corrected chi connectivity index (χ3v) is 8.13. The Hall–Kier alpha value is -2.02. The molecule has 190 valence electrons. The van der Waals surface area contributed by atoms with Crippen molar-refractivity contribution in [3.05, 3.63) is 59.7 Å². The number of rotatable bonds is 9. The molecule has 0 aromatic heterocycles. The van der Waals surface area contributed by atoms with Crippen molar-refractivity contribution in [1.82, 2.24) is 15.1 Å². The molecule has 6 heteroatoms. The Kier molecular flexibility index (Phi) is 9.93. The van der Waals surface area contributed by atoms with Crippen LogP contribution < -0.4 is 10.6 Å². The van der Waals surface area contributed by atoms with Gasteiger partial charge in [-0.3, -0.25) is 4.90 Å². The Morgan fingerprint density at radius 3 is 2.31 bits per heavy atom. The second kappa shape index (κ2) is 13.3. The molecule has 2 amide bonds. The number of benzene rings is 2. The average Bonchev–Trinajstić information content (AvgIpc) is 2.85. The predicted molar refractivity (Wildman–Crippen MR) is 148 cm³/mol. The van der Waals surface area contributed by atoms with E-state index in [9.17, 15) is 4.79 Å². The molecule has 2 aromatic rings. The first-order valence-electron chi connectivity index (χ1n) is 13.3. The van der Waals surface area contributed by atoms with Crippen molar-refractivity contribution in [2.75, 3.05) is 43.8 Å². The van der Waals surface area contributed by atoms with Crippen LogP contribution in [-0.2, 0) is 13.1 Å². The summed E-state index contributed by atoms with van der Waals surface area (Å²) in [5.74, 6) is 2.60. The molecule has 2 aliphatic rings. The zero-order valence-electron chi connectivity index (χ0n) is 21.5. The normalized spacial score (nSPS) is 21.5. The number of nitrogens with zero attached hydrogens (tertiary/aromatic N) is 2. The topological polar surface area (TPSA) is 47.6 Å². The Morgan fingerprint density at radius 1 is 0.914 bits per heavy atom. The molecule has 4 rings (SSSR count). The third kappa shape index (κ3) is 8.55. The van der Waals surface area contributed by atoms with Crippen LogP contribution >= 0.6 is 11.8 Å². The van der Waals surface area contributed by atoms with Crippen molar-refractivity contribution in [3.8, 4) is 0 Å². The van der Waals surface area contributed by atoms with Crippen molar-refractivity contribution in [3.63, 3.8) is 0 Å². The lowest BCUT2D eigenvalue weighted by Crippen LogP contribution is -2.38. The maximum atomic E-state index is 12.6. The van der Waals surface area contributed by atoms with Gasteiger partial charge in [0, 0.05) is 49.1 Å². The van der Waals surface area contributed by atoms with Crippen molar-refractivity contribution in [2.24, 2.45) is 11.8 Å². The van der Waals surface area contributed by atoms with Crippen LogP contribution in [-0.4, -0.2) is 54.3 Å². The first-order valence-corrected chi connectivity index (χ1v) is 14.3. The molecular weight excluding hydrogens is 452 g/mol. The van der Waals surface area contributed by atoms with Crippen LogP contribution in [0.4, 0.5) is 10.5 Å². The van der Waals surface area contributed by atoms with Crippen molar-refractivity contribution in [1.29, 1.82) is 0 Å². The molecule has 35 heavy (non-hydrogen) atoms. The monoisotopic (exact) mass is 494 g/mol. The van der Waals surface area contributed by atoms with Gasteiger partial charge in [0.1, 0.15) is 0 Å². The van der Waals surface area contributed by atoms with Gasteiger partial charge in [-0.25, -0.2) is 4.79 Å². The Balaban J connectivity index is 1.21. The fourth-order valence-corrected chi connectivity index (χ4v) is 6.42. The molecule has 2 heterocycles. The first-order chi connectivity index (χ1) is 17.0. The molecule has 2 N–H and O–H groups in total. The van der Waals surface area contributed by atoms with E-state index >= 15 is 0 Å². The van der Waals surface area contributed by atoms with Crippen molar-refractivity contribution in [2.45, 2.75) is 57.5 Å². The number of nitrogens with one attached hydrogen (secondary N) is 2. The zero-order valence-corrected chi connectivity index (χ0v) is 22.3. The summed E-state index contributed by atoms with van der Waals surface area (Å²) in [5.41, 5.74) is 3.32. The molecule has 2 aromatic carbocycles. The van der Waals surface area contributed by atoms with E-state index in [1.807, 2.05) is 23.9 Å².